The van der Waals surface area contributed by atoms with Crippen LogP contribution in [-0.2, 0) is 4.79 Å². The van der Waals surface area contributed by atoms with Gasteiger partial charge in [-0.1, -0.05) is 43.7 Å². The monoisotopic (exact) mass is 302 g/mol. The van der Waals surface area contributed by atoms with Gasteiger partial charge >= 0.3 is 5.97 Å². The lowest BCUT2D eigenvalue weighted by atomic mass is 9.64. The number of hydrogen-bond acceptors (Lipinski definition) is 1. The Morgan fingerprint density at radius 1 is 1.27 bits per heavy atom. The van der Waals surface area contributed by atoms with E-state index in [4.69, 9.17) is 0 Å². The molecule has 1 N–H and O–H groups in total. The van der Waals surface area contributed by atoms with E-state index in [-0.39, 0.29) is 0 Å². The van der Waals surface area contributed by atoms with Gasteiger partial charge in [0.2, 0.25) is 0 Å². The van der Waals surface area contributed by atoms with Gasteiger partial charge in [0, 0.05) is 5.57 Å². The Morgan fingerprint density at radius 3 is 2.64 bits per heavy atom. The molecule has 0 unspecified atom stereocenters. The molecule has 2 nitrogen and oxygen atoms in total. The maximum atomic E-state index is 11.4. The first-order valence-corrected chi connectivity index (χ1v) is 8.67. The van der Waals surface area contributed by atoms with Crippen LogP contribution in [-0.4, -0.2) is 11.1 Å². The fraction of sp³-hybridized carbons (Fsp3) is 0.650. The molecule has 1 saturated carbocycles. The molecule has 22 heavy (non-hydrogen) atoms. The zero-order valence-electron chi connectivity index (χ0n) is 14.3. The molecule has 0 saturated heterocycles. The van der Waals surface area contributed by atoms with E-state index >= 15 is 0 Å². The van der Waals surface area contributed by atoms with Crippen molar-refractivity contribution in [1.82, 2.24) is 0 Å². The molecule has 1 fully saturated rings. The van der Waals surface area contributed by atoms with E-state index in [0.29, 0.717) is 35.7 Å². The van der Waals surface area contributed by atoms with Gasteiger partial charge in [-0.2, -0.15) is 0 Å². The van der Waals surface area contributed by atoms with Crippen LogP contribution in [0.1, 0.15) is 59.3 Å². The van der Waals surface area contributed by atoms with Gasteiger partial charge in [-0.25, -0.2) is 4.79 Å². The van der Waals surface area contributed by atoms with Crippen LogP contribution < -0.4 is 0 Å². The summed E-state index contributed by atoms with van der Waals surface area (Å²) in [6.07, 6.45) is 10.1. The SMILES string of the molecule is C=C1CC[C@H](C(C)C)[C@H]2/C=C(\C)CC/C=C(/C(=O)O)CC[C@H]12. The topological polar surface area (TPSA) is 37.3 Å². The first-order chi connectivity index (χ1) is 10.4. The summed E-state index contributed by atoms with van der Waals surface area (Å²) in [5, 5.41) is 9.38. The first-order valence-electron chi connectivity index (χ1n) is 8.67. The molecule has 0 heterocycles. The van der Waals surface area contributed by atoms with Crippen molar-refractivity contribution in [3.63, 3.8) is 0 Å². The van der Waals surface area contributed by atoms with E-state index in [0.717, 1.165) is 25.7 Å². The predicted molar refractivity (Wildman–Crippen MR) is 91.6 cm³/mol. The summed E-state index contributed by atoms with van der Waals surface area (Å²) < 4.78 is 0. The zero-order valence-corrected chi connectivity index (χ0v) is 14.3. The molecule has 2 rings (SSSR count). The molecule has 2 heteroatoms. The van der Waals surface area contributed by atoms with Gasteiger partial charge in [-0.3, -0.25) is 0 Å². The van der Waals surface area contributed by atoms with Gasteiger partial charge in [0.15, 0.2) is 0 Å². The van der Waals surface area contributed by atoms with Gasteiger partial charge in [0.1, 0.15) is 0 Å². The highest BCUT2D eigenvalue weighted by Crippen LogP contribution is 2.45. The average Bonchev–Trinajstić information content (AvgIpc) is 2.44. The molecule has 0 aromatic carbocycles. The van der Waals surface area contributed by atoms with Crippen molar-refractivity contribution in [3.05, 3.63) is 35.5 Å². The van der Waals surface area contributed by atoms with Crippen molar-refractivity contribution in [2.45, 2.75) is 59.3 Å². The van der Waals surface area contributed by atoms with Crippen molar-refractivity contribution in [2.24, 2.45) is 23.7 Å². The number of rotatable bonds is 2. The molecule has 2 aliphatic rings. The molecular formula is C20H30O2. The molecule has 0 aliphatic heterocycles. The van der Waals surface area contributed by atoms with Crippen LogP contribution >= 0.6 is 0 Å². The van der Waals surface area contributed by atoms with Gasteiger partial charge in [0.25, 0.3) is 0 Å². The number of fused-ring (bicyclic) bond motifs is 1. The van der Waals surface area contributed by atoms with E-state index in [2.05, 4.69) is 33.4 Å². The summed E-state index contributed by atoms with van der Waals surface area (Å²) in [5.41, 5.74) is 3.32. The number of carboxylic acid groups (broad SMARTS) is 1. The minimum Gasteiger partial charge on any atom is -0.478 e. The van der Waals surface area contributed by atoms with Crippen molar-refractivity contribution in [2.75, 3.05) is 0 Å². The highest BCUT2D eigenvalue weighted by atomic mass is 16.4. The number of carboxylic acids is 1. The normalized spacial score (nSPS) is 35.1. The van der Waals surface area contributed by atoms with E-state index in [1.54, 1.807) is 0 Å². The third-order valence-electron chi connectivity index (χ3n) is 5.54. The zero-order chi connectivity index (χ0) is 16.3. The summed E-state index contributed by atoms with van der Waals surface area (Å²) in [4.78, 5) is 11.4. The highest BCUT2D eigenvalue weighted by molar-refractivity contribution is 5.86. The largest absolute Gasteiger partial charge is 0.478 e. The minimum absolute atomic E-state index is 0.442. The second-order valence-corrected chi connectivity index (χ2v) is 7.41. The molecule has 0 aromatic rings. The van der Waals surface area contributed by atoms with Crippen LogP contribution in [0.3, 0.4) is 0 Å². The third-order valence-corrected chi connectivity index (χ3v) is 5.54. The number of allylic oxidation sites excluding steroid dienone is 4. The molecule has 3 atom stereocenters. The van der Waals surface area contributed by atoms with E-state index in [1.807, 2.05) is 6.08 Å². The predicted octanol–water partition coefficient (Wildman–Crippen LogP) is 5.37. The molecule has 0 bridgehead atoms. The van der Waals surface area contributed by atoms with Gasteiger partial charge in [-0.15, -0.1) is 0 Å². The first kappa shape index (κ1) is 17.1. The lowest BCUT2D eigenvalue weighted by Gasteiger charge is -2.41. The van der Waals surface area contributed by atoms with E-state index in [9.17, 15) is 9.90 Å². The maximum absolute atomic E-state index is 11.4. The van der Waals surface area contributed by atoms with Crippen LogP contribution in [0.25, 0.3) is 0 Å². The van der Waals surface area contributed by atoms with Crippen molar-refractivity contribution < 1.29 is 9.90 Å². The smallest absolute Gasteiger partial charge is 0.331 e. The summed E-state index contributed by atoms with van der Waals surface area (Å²) in [6, 6.07) is 0. The van der Waals surface area contributed by atoms with E-state index in [1.165, 1.54) is 17.6 Å². The molecule has 2 aliphatic carbocycles. The Balaban J connectivity index is 2.31. The maximum Gasteiger partial charge on any atom is 0.331 e. The Bertz CT molecular complexity index is 496. The summed E-state index contributed by atoms with van der Waals surface area (Å²) in [7, 11) is 0. The molecule has 0 spiro atoms. The standard InChI is InChI=1S/C20H30O2/c1-13(2)17-10-8-15(4)18-11-9-16(20(21)22)7-5-6-14(3)12-19(17)18/h7,12-13,17-19H,4-6,8-11H2,1-3H3,(H,21,22)/b14-12+,16-7+/t17-,18-,19-/m1/s1. The van der Waals surface area contributed by atoms with Gasteiger partial charge < -0.3 is 5.11 Å². The fourth-order valence-electron chi connectivity index (χ4n) is 4.21. The van der Waals surface area contributed by atoms with Crippen LogP contribution in [0.15, 0.2) is 35.5 Å². The molecule has 0 radical (unpaired) electrons. The lowest BCUT2D eigenvalue weighted by Crippen LogP contribution is -2.32. The van der Waals surface area contributed by atoms with Crippen molar-refractivity contribution in [3.8, 4) is 0 Å². The molecule has 122 valence electrons. The Morgan fingerprint density at radius 2 is 2.00 bits per heavy atom. The Labute approximate surface area is 135 Å². The van der Waals surface area contributed by atoms with Gasteiger partial charge in [-0.05, 0) is 69.1 Å². The van der Waals surface area contributed by atoms with Crippen LogP contribution in [0.4, 0.5) is 0 Å². The summed E-state index contributed by atoms with van der Waals surface area (Å²) >= 11 is 0. The quantitative estimate of drug-likeness (QED) is 0.696. The third kappa shape index (κ3) is 3.91. The van der Waals surface area contributed by atoms with Crippen molar-refractivity contribution >= 4 is 5.97 Å². The summed E-state index contributed by atoms with van der Waals surface area (Å²) in [5.74, 6) is 1.59. The van der Waals surface area contributed by atoms with Crippen LogP contribution in [0.2, 0.25) is 0 Å². The van der Waals surface area contributed by atoms with Crippen LogP contribution in [0, 0.1) is 23.7 Å². The van der Waals surface area contributed by atoms with E-state index < -0.39 is 5.97 Å². The average molecular weight is 302 g/mol. The summed E-state index contributed by atoms with van der Waals surface area (Å²) in [6.45, 7) is 11.2. The fourth-order valence-corrected chi connectivity index (χ4v) is 4.21. The van der Waals surface area contributed by atoms with Crippen LogP contribution in [0.5, 0.6) is 0 Å². The Hall–Kier alpha value is -1.31. The highest BCUT2D eigenvalue weighted by Gasteiger charge is 2.35. The second kappa shape index (κ2) is 7.30. The van der Waals surface area contributed by atoms with Crippen molar-refractivity contribution in [1.29, 1.82) is 0 Å². The number of hydrogen-bond donors (Lipinski definition) is 1. The lowest BCUT2D eigenvalue weighted by molar-refractivity contribution is -0.132. The molecule has 0 amide bonds. The molecule has 0 aromatic heterocycles. The second-order valence-electron chi connectivity index (χ2n) is 7.41. The molecular weight excluding hydrogens is 272 g/mol. The Kier molecular flexibility index (Phi) is 5.66. The van der Waals surface area contributed by atoms with Gasteiger partial charge in [0.05, 0.1) is 0 Å². The number of aliphatic carboxylic acids is 1. The minimum atomic E-state index is -0.749. The number of carbonyl (C=O) groups is 1.